The maximum atomic E-state index is 10.1. The summed E-state index contributed by atoms with van der Waals surface area (Å²) < 4.78 is 16.4. The molecule has 5 atom stereocenters. The third-order valence-electron chi connectivity index (χ3n) is 6.28. The fourth-order valence-corrected chi connectivity index (χ4v) is 4.26. The molecule has 1 aliphatic rings. The lowest BCUT2D eigenvalue weighted by atomic mass is 9.99. The van der Waals surface area contributed by atoms with Crippen molar-refractivity contribution in [2.75, 3.05) is 19.8 Å². The zero-order valence-electron chi connectivity index (χ0n) is 19.8. The molecule has 0 spiro atoms. The topological polar surface area (TPSA) is 122 Å². The molecule has 0 radical (unpaired) electrons. The molecule has 0 bridgehead atoms. The highest BCUT2D eigenvalue weighted by molar-refractivity contribution is 5.79. The van der Waals surface area contributed by atoms with Crippen molar-refractivity contribution >= 4 is 10.9 Å². The van der Waals surface area contributed by atoms with Gasteiger partial charge in [0.15, 0.2) is 6.29 Å². The highest BCUT2D eigenvalue weighted by Gasteiger charge is 2.44. The van der Waals surface area contributed by atoms with Gasteiger partial charge in [0.2, 0.25) is 0 Å². The molecule has 0 amide bonds. The third kappa shape index (κ3) is 8.15. The van der Waals surface area contributed by atoms with Crippen LogP contribution in [0.25, 0.3) is 10.9 Å². The van der Waals surface area contributed by atoms with Gasteiger partial charge in [-0.25, -0.2) is 0 Å². The first-order valence-electron chi connectivity index (χ1n) is 12.5. The van der Waals surface area contributed by atoms with Crippen LogP contribution in [-0.2, 0) is 9.47 Å². The van der Waals surface area contributed by atoms with Gasteiger partial charge in [0.1, 0.15) is 30.2 Å². The van der Waals surface area contributed by atoms with Crippen LogP contribution in [0.2, 0.25) is 0 Å². The van der Waals surface area contributed by atoms with Gasteiger partial charge in [0.25, 0.3) is 0 Å². The quantitative estimate of drug-likeness (QED) is 0.289. The van der Waals surface area contributed by atoms with Crippen LogP contribution in [-0.4, -0.2) is 75.9 Å². The van der Waals surface area contributed by atoms with Gasteiger partial charge in [-0.3, -0.25) is 4.98 Å². The number of hydrogen-bond donors (Lipinski definition) is 4. The van der Waals surface area contributed by atoms with Crippen molar-refractivity contribution in [3.05, 3.63) is 36.5 Å². The molecule has 2 aromatic rings. The Morgan fingerprint density at radius 3 is 2.21 bits per heavy atom. The number of nitrogens with zero attached hydrogens (tertiary/aromatic N) is 1. The number of aromatic nitrogens is 1. The van der Waals surface area contributed by atoms with Crippen LogP contribution < -0.4 is 4.74 Å². The fourth-order valence-electron chi connectivity index (χ4n) is 4.26. The molecule has 0 saturated carbocycles. The van der Waals surface area contributed by atoms with E-state index < -0.39 is 37.3 Å². The van der Waals surface area contributed by atoms with E-state index >= 15 is 0 Å². The Balaban J connectivity index is 1.14. The average Bonchev–Trinajstić information content (AvgIpc) is 2.85. The van der Waals surface area contributed by atoms with Crippen LogP contribution in [0.4, 0.5) is 0 Å². The van der Waals surface area contributed by atoms with Gasteiger partial charge >= 0.3 is 0 Å². The third-order valence-corrected chi connectivity index (χ3v) is 6.28. The van der Waals surface area contributed by atoms with Crippen molar-refractivity contribution in [1.82, 2.24) is 4.98 Å². The zero-order chi connectivity index (χ0) is 24.2. The minimum absolute atomic E-state index is 0.386. The van der Waals surface area contributed by atoms with E-state index in [0.717, 1.165) is 48.9 Å². The molecule has 1 aromatic carbocycles. The molecular weight excluding hydrogens is 438 g/mol. The summed E-state index contributed by atoms with van der Waals surface area (Å²) in [7, 11) is 0. The molecular formula is C26H39NO7. The minimum atomic E-state index is -1.46. The average molecular weight is 478 g/mol. The Kier molecular flexibility index (Phi) is 11.5. The second-order valence-corrected chi connectivity index (χ2v) is 8.95. The molecule has 8 heteroatoms. The number of pyridine rings is 1. The summed E-state index contributed by atoms with van der Waals surface area (Å²) in [6.45, 7) is 0.677. The monoisotopic (exact) mass is 477 g/mol. The number of aliphatic hydroxyl groups excluding tert-OH is 4. The zero-order valence-corrected chi connectivity index (χ0v) is 19.8. The Hall–Kier alpha value is -1.81. The second kappa shape index (κ2) is 14.6. The fraction of sp³-hybridized carbons (Fsp3) is 0.654. The summed E-state index contributed by atoms with van der Waals surface area (Å²) in [6, 6.07) is 9.98. The van der Waals surface area contributed by atoms with Crippen molar-refractivity contribution in [3.8, 4) is 5.75 Å². The number of benzene rings is 1. The van der Waals surface area contributed by atoms with Crippen LogP contribution in [0.15, 0.2) is 36.5 Å². The number of hydrogen-bond acceptors (Lipinski definition) is 8. The van der Waals surface area contributed by atoms with Crippen LogP contribution in [0.1, 0.15) is 57.8 Å². The van der Waals surface area contributed by atoms with Crippen molar-refractivity contribution in [3.63, 3.8) is 0 Å². The summed E-state index contributed by atoms with van der Waals surface area (Å²) in [6.07, 6.45) is 5.91. The van der Waals surface area contributed by atoms with Gasteiger partial charge in [0, 0.05) is 18.2 Å². The van der Waals surface area contributed by atoms with E-state index in [1.54, 1.807) is 6.20 Å². The Bertz CT molecular complexity index is 836. The van der Waals surface area contributed by atoms with Crippen LogP contribution in [0.5, 0.6) is 5.75 Å². The molecule has 1 unspecified atom stereocenters. The van der Waals surface area contributed by atoms with Crippen LogP contribution >= 0.6 is 0 Å². The summed E-state index contributed by atoms with van der Waals surface area (Å²) >= 11 is 0. The first kappa shape index (κ1) is 26.8. The Morgan fingerprint density at radius 1 is 0.824 bits per heavy atom. The summed E-state index contributed by atoms with van der Waals surface area (Å²) in [5, 5.41) is 40.0. The van der Waals surface area contributed by atoms with Crippen LogP contribution in [0.3, 0.4) is 0 Å². The first-order valence-corrected chi connectivity index (χ1v) is 12.5. The van der Waals surface area contributed by atoms with Crippen molar-refractivity contribution in [2.24, 2.45) is 0 Å². The first-order chi connectivity index (χ1) is 16.6. The number of ether oxygens (including phenoxy) is 3. The number of rotatable bonds is 15. The normalized spacial score (nSPS) is 25.0. The Labute approximate surface area is 201 Å². The molecule has 34 heavy (non-hydrogen) atoms. The van der Waals surface area contributed by atoms with E-state index in [1.165, 1.54) is 32.1 Å². The van der Waals surface area contributed by atoms with E-state index in [-0.39, 0.29) is 0 Å². The number of fused-ring (bicyclic) bond motifs is 1. The van der Waals surface area contributed by atoms with E-state index in [2.05, 4.69) is 4.98 Å². The van der Waals surface area contributed by atoms with Crippen molar-refractivity contribution in [2.45, 2.75) is 88.5 Å². The number of unbranched alkanes of at least 4 members (excludes halogenated alkanes) is 8. The maximum Gasteiger partial charge on any atom is 0.184 e. The van der Waals surface area contributed by atoms with Gasteiger partial charge < -0.3 is 34.6 Å². The van der Waals surface area contributed by atoms with Gasteiger partial charge in [-0.2, -0.15) is 0 Å². The Morgan fingerprint density at radius 2 is 1.50 bits per heavy atom. The van der Waals surface area contributed by atoms with Crippen LogP contribution in [0, 0.1) is 0 Å². The standard InChI is InChI=1S/C26H39NO7/c28-18-22-23(29)25(24(30)26(31)34-22)33-16-9-7-5-3-1-2-4-6-8-15-32-20-12-13-21-19(17-20)11-10-14-27-21/h10-14,17,22-26,28-31H,1-9,15-16,18H2/t22-,23-,24-,25+,26?/m1/s1. The lowest BCUT2D eigenvalue weighted by Crippen LogP contribution is -2.59. The van der Waals surface area contributed by atoms with Gasteiger partial charge in [-0.15, -0.1) is 0 Å². The largest absolute Gasteiger partial charge is 0.494 e. The molecule has 3 rings (SSSR count). The predicted octanol–water partition coefficient (Wildman–Crippen LogP) is 2.94. The molecule has 0 aliphatic carbocycles. The molecule has 4 N–H and O–H groups in total. The van der Waals surface area contributed by atoms with E-state index in [4.69, 9.17) is 14.2 Å². The smallest absolute Gasteiger partial charge is 0.184 e. The van der Waals surface area contributed by atoms with Gasteiger partial charge in [-0.1, -0.05) is 51.0 Å². The van der Waals surface area contributed by atoms with E-state index in [1.807, 2.05) is 30.3 Å². The summed E-state index contributed by atoms with van der Waals surface area (Å²) in [5.74, 6) is 0.898. The lowest BCUT2D eigenvalue weighted by molar-refractivity contribution is -0.294. The lowest BCUT2D eigenvalue weighted by Gasteiger charge is -2.39. The molecule has 1 fully saturated rings. The maximum absolute atomic E-state index is 10.1. The van der Waals surface area contributed by atoms with Crippen molar-refractivity contribution in [1.29, 1.82) is 0 Å². The predicted molar refractivity (Wildman–Crippen MR) is 129 cm³/mol. The molecule has 2 heterocycles. The SMILES string of the molecule is OC[C@H]1OC(O)[C@H](O)[C@@H](OCCCCCCCCCCCOc2ccc3ncccc3c2)[C@@H]1O. The van der Waals surface area contributed by atoms with Gasteiger partial charge in [0.05, 0.1) is 18.7 Å². The molecule has 190 valence electrons. The van der Waals surface area contributed by atoms with E-state index in [9.17, 15) is 20.4 Å². The highest BCUT2D eigenvalue weighted by Crippen LogP contribution is 2.23. The summed E-state index contributed by atoms with van der Waals surface area (Å²) in [5.41, 5.74) is 0.982. The minimum Gasteiger partial charge on any atom is -0.494 e. The molecule has 1 aromatic heterocycles. The van der Waals surface area contributed by atoms with Crippen molar-refractivity contribution < 1.29 is 34.6 Å². The second-order valence-electron chi connectivity index (χ2n) is 8.95. The molecule has 1 aliphatic heterocycles. The molecule has 1 saturated heterocycles. The summed E-state index contributed by atoms with van der Waals surface area (Å²) in [4.78, 5) is 4.32. The number of aliphatic hydroxyl groups is 4. The highest BCUT2D eigenvalue weighted by atomic mass is 16.6. The van der Waals surface area contributed by atoms with Gasteiger partial charge in [-0.05, 0) is 37.1 Å². The van der Waals surface area contributed by atoms with E-state index in [0.29, 0.717) is 6.61 Å². The molecule has 8 nitrogen and oxygen atoms in total.